The summed E-state index contributed by atoms with van der Waals surface area (Å²) in [5, 5.41) is 22.7. The average molecular weight is 553 g/mol. The van der Waals surface area contributed by atoms with E-state index in [0.717, 1.165) is 55.2 Å². The van der Waals surface area contributed by atoms with Gasteiger partial charge in [-0.3, -0.25) is 0 Å². The van der Waals surface area contributed by atoms with Crippen LogP contribution in [0.25, 0.3) is 82.6 Å². The molecule has 0 aliphatic carbocycles. The fourth-order valence-corrected chi connectivity index (χ4v) is 6.47. The first kappa shape index (κ1) is 23.7. The molecule has 3 aromatic heterocycles. The number of nitrogens with one attached hydrogen (secondary N) is 1. The van der Waals surface area contributed by atoms with Crippen LogP contribution in [0.15, 0.2) is 133 Å². The van der Waals surface area contributed by atoms with Gasteiger partial charge in [0.05, 0.1) is 27.9 Å². The highest BCUT2D eigenvalue weighted by atomic mass is 16.3. The molecule has 0 aliphatic heterocycles. The number of phenols is 1. The molecule has 0 radical (unpaired) electrons. The number of benzene rings is 6. The van der Waals surface area contributed by atoms with Crippen molar-refractivity contribution in [3.05, 3.63) is 133 Å². The van der Waals surface area contributed by atoms with E-state index in [0.29, 0.717) is 11.3 Å². The number of para-hydroxylation sites is 4. The molecule has 0 spiro atoms. The number of aromatic amines is 1. The number of nitrogens with zero attached hydrogens (tertiary/aromatic N) is 3. The van der Waals surface area contributed by atoms with Crippen LogP contribution in [0.5, 0.6) is 5.75 Å². The first-order valence-electron chi connectivity index (χ1n) is 14.3. The normalized spacial score (nSPS) is 11.8. The van der Waals surface area contributed by atoms with E-state index in [1.165, 1.54) is 16.2 Å². The maximum absolute atomic E-state index is 10.6. The fraction of sp³-hybridized carbons (Fsp3) is 0. The summed E-state index contributed by atoms with van der Waals surface area (Å²) in [5.41, 5.74) is 8.28. The standard InChI is InChI=1S/C38H24N4O/c43-34-19-8-5-14-27(34)31-21-20-23-11-9-18-33(36(23)39-31)42-32-17-7-4-15-28(32)38(41-42)35-25-12-2-1-10-24(25)22-29-26-13-3-6-16-30(26)40-37(29)35/h1-22,40,43H. The molecule has 0 bridgehead atoms. The number of pyridine rings is 1. The summed E-state index contributed by atoms with van der Waals surface area (Å²) in [7, 11) is 0. The Labute approximate surface area is 246 Å². The van der Waals surface area contributed by atoms with Gasteiger partial charge < -0.3 is 10.1 Å². The van der Waals surface area contributed by atoms with Crippen LogP contribution < -0.4 is 0 Å². The molecule has 9 rings (SSSR count). The third kappa shape index (κ3) is 3.52. The summed E-state index contributed by atoms with van der Waals surface area (Å²) in [6, 6.07) is 45.2. The number of rotatable bonds is 3. The van der Waals surface area contributed by atoms with Crippen LogP contribution in [-0.2, 0) is 0 Å². The number of aromatic hydroxyl groups is 1. The average Bonchev–Trinajstić information content (AvgIpc) is 3.62. The zero-order valence-electron chi connectivity index (χ0n) is 23.0. The summed E-state index contributed by atoms with van der Waals surface area (Å²) >= 11 is 0. The van der Waals surface area contributed by atoms with Gasteiger partial charge >= 0.3 is 0 Å². The van der Waals surface area contributed by atoms with E-state index in [4.69, 9.17) is 10.1 Å². The first-order valence-corrected chi connectivity index (χ1v) is 14.3. The summed E-state index contributed by atoms with van der Waals surface area (Å²) in [6.45, 7) is 0. The Kier molecular flexibility index (Phi) is 4.98. The largest absolute Gasteiger partial charge is 0.507 e. The Bertz CT molecular complexity index is 2540. The van der Waals surface area contributed by atoms with Crippen LogP contribution in [0.1, 0.15) is 0 Å². The monoisotopic (exact) mass is 552 g/mol. The zero-order chi connectivity index (χ0) is 28.5. The minimum Gasteiger partial charge on any atom is -0.507 e. The van der Waals surface area contributed by atoms with E-state index in [-0.39, 0.29) is 5.75 Å². The lowest BCUT2D eigenvalue weighted by atomic mass is 9.96. The van der Waals surface area contributed by atoms with Gasteiger partial charge in [-0.1, -0.05) is 91.0 Å². The van der Waals surface area contributed by atoms with Crippen molar-refractivity contribution in [2.24, 2.45) is 0 Å². The van der Waals surface area contributed by atoms with E-state index < -0.39 is 0 Å². The third-order valence-electron chi connectivity index (χ3n) is 8.46. The van der Waals surface area contributed by atoms with Gasteiger partial charge in [-0.25, -0.2) is 9.67 Å². The number of fused-ring (bicyclic) bond motifs is 6. The molecule has 2 N–H and O–H groups in total. The molecule has 5 nitrogen and oxygen atoms in total. The highest BCUT2D eigenvalue weighted by molar-refractivity contribution is 6.21. The van der Waals surface area contributed by atoms with E-state index in [1.54, 1.807) is 6.07 Å². The molecule has 9 aromatic rings. The smallest absolute Gasteiger partial charge is 0.124 e. The predicted molar refractivity (Wildman–Crippen MR) is 176 cm³/mol. The Morgan fingerprint density at radius 2 is 1.35 bits per heavy atom. The quantitative estimate of drug-likeness (QED) is 0.229. The fourth-order valence-electron chi connectivity index (χ4n) is 6.47. The van der Waals surface area contributed by atoms with E-state index in [9.17, 15) is 5.11 Å². The van der Waals surface area contributed by atoms with Crippen molar-refractivity contribution in [3.8, 4) is 34.0 Å². The van der Waals surface area contributed by atoms with Crippen LogP contribution in [0, 0.1) is 0 Å². The minimum absolute atomic E-state index is 0.206. The number of hydrogen-bond donors (Lipinski definition) is 2. The van der Waals surface area contributed by atoms with Crippen LogP contribution in [0.2, 0.25) is 0 Å². The molecule has 6 aromatic carbocycles. The SMILES string of the molecule is Oc1ccccc1-c1ccc2cccc(-n3nc(-c4c5ccccc5cc5c4[nH]c4ccccc45)c4ccccc43)c2n1. The van der Waals surface area contributed by atoms with Gasteiger partial charge in [-0.15, -0.1) is 0 Å². The van der Waals surface area contributed by atoms with Crippen molar-refractivity contribution in [1.82, 2.24) is 19.7 Å². The van der Waals surface area contributed by atoms with E-state index in [1.807, 2.05) is 35.0 Å². The Hall–Kier alpha value is -5.94. The van der Waals surface area contributed by atoms with E-state index in [2.05, 4.69) is 102 Å². The van der Waals surface area contributed by atoms with Gasteiger partial charge in [0.15, 0.2) is 0 Å². The second kappa shape index (κ2) is 9.03. The molecule has 0 unspecified atom stereocenters. The molecule has 5 heteroatoms. The Morgan fingerprint density at radius 1 is 0.605 bits per heavy atom. The predicted octanol–water partition coefficient (Wildman–Crippen LogP) is 9.40. The zero-order valence-corrected chi connectivity index (χ0v) is 23.0. The number of phenolic OH excluding ortho intramolecular Hbond substituents is 1. The maximum atomic E-state index is 10.6. The molecule has 0 atom stereocenters. The molecule has 202 valence electrons. The van der Waals surface area contributed by atoms with Gasteiger partial charge in [0.25, 0.3) is 0 Å². The second-order valence-electron chi connectivity index (χ2n) is 10.9. The number of aromatic nitrogens is 4. The van der Waals surface area contributed by atoms with Gasteiger partial charge in [0.2, 0.25) is 0 Å². The molecule has 0 fully saturated rings. The summed E-state index contributed by atoms with van der Waals surface area (Å²) < 4.78 is 2.02. The van der Waals surface area contributed by atoms with Crippen LogP contribution in [0.3, 0.4) is 0 Å². The van der Waals surface area contributed by atoms with Crippen LogP contribution >= 0.6 is 0 Å². The van der Waals surface area contributed by atoms with Crippen LogP contribution in [0.4, 0.5) is 0 Å². The summed E-state index contributed by atoms with van der Waals surface area (Å²) in [6.07, 6.45) is 0. The second-order valence-corrected chi connectivity index (χ2v) is 10.9. The van der Waals surface area contributed by atoms with Gasteiger partial charge in [0.1, 0.15) is 11.4 Å². The highest BCUT2D eigenvalue weighted by Crippen LogP contribution is 2.42. The van der Waals surface area contributed by atoms with Gasteiger partial charge in [-0.05, 0) is 53.2 Å². The molecule has 0 saturated heterocycles. The molecule has 43 heavy (non-hydrogen) atoms. The Morgan fingerprint density at radius 3 is 2.26 bits per heavy atom. The van der Waals surface area contributed by atoms with Gasteiger partial charge in [0, 0.05) is 38.2 Å². The third-order valence-corrected chi connectivity index (χ3v) is 8.46. The van der Waals surface area contributed by atoms with Crippen molar-refractivity contribution in [1.29, 1.82) is 0 Å². The van der Waals surface area contributed by atoms with Crippen molar-refractivity contribution in [2.75, 3.05) is 0 Å². The van der Waals surface area contributed by atoms with Crippen molar-refractivity contribution in [2.45, 2.75) is 0 Å². The highest BCUT2D eigenvalue weighted by Gasteiger charge is 2.21. The van der Waals surface area contributed by atoms with Crippen molar-refractivity contribution < 1.29 is 5.11 Å². The lowest BCUT2D eigenvalue weighted by molar-refractivity contribution is 0.477. The Balaban J connectivity index is 1.37. The summed E-state index contributed by atoms with van der Waals surface area (Å²) in [5.74, 6) is 0.206. The molecule has 3 heterocycles. The maximum Gasteiger partial charge on any atom is 0.124 e. The van der Waals surface area contributed by atoms with Crippen LogP contribution in [-0.4, -0.2) is 24.9 Å². The lowest BCUT2D eigenvalue weighted by Gasteiger charge is -2.10. The van der Waals surface area contributed by atoms with Gasteiger partial charge in [-0.2, -0.15) is 5.10 Å². The first-order chi connectivity index (χ1) is 21.2. The summed E-state index contributed by atoms with van der Waals surface area (Å²) in [4.78, 5) is 8.80. The topological polar surface area (TPSA) is 66.7 Å². The molecule has 0 saturated carbocycles. The minimum atomic E-state index is 0.206. The molecule has 0 aliphatic rings. The van der Waals surface area contributed by atoms with E-state index >= 15 is 0 Å². The molecule has 0 amide bonds. The number of hydrogen-bond acceptors (Lipinski definition) is 3. The lowest BCUT2D eigenvalue weighted by Crippen LogP contribution is -2.00. The van der Waals surface area contributed by atoms with Crippen molar-refractivity contribution >= 4 is 54.4 Å². The van der Waals surface area contributed by atoms with Crippen molar-refractivity contribution in [3.63, 3.8) is 0 Å². The molecular formula is C38H24N4O. The molecular weight excluding hydrogens is 528 g/mol. The number of H-pyrrole nitrogens is 1.